The Bertz CT molecular complexity index is 487. The maximum Gasteiger partial charge on any atom is 0.316 e. The largest absolute Gasteiger partial charge is 0.711 e. The molecule has 0 unspecified atom stereocenters. The Balaban J connectivity index is 2.73. The molecule has 0 aliphatic rings. The molecule has 0 saturated heterocycles. The minimum Gasteiger partial charge on any atom is -0.711 e. The van der Waals surface area contributed by atoms with Crippen LogP contribution in [0.2, 0.25) is 5.02 Å². The van der Waals surface area contributed by atoms with E-state index < -0.39 is 0 Å². The van der Waals surface area contributed by atoms with Crippen molar-refractivity contribution in [3.05, 3.63) is 40.5 Å². The van der Waals surface area contributed by atoms with Crippen LogP contribution in [0.1, 0.15) is 5.82 Å². The Kier molecular flexibility index (Phi) is 2.44. The van der Waals surface area contributed by atoms with E-state index in [4.69, 9.17) is 23.2 Å². The fourth-order valence-electron chi connectivity index (χ4n) is 1.21. The van der Waals surface area contributed by atoms with Gasteiger partial charge in [0, 0.05) is 5.02 Å². The third kappa shape index (κ3) is 1.61. The van der Waals surface area contributed by atoms with Gasteiger partial charge in [-0.05, 0) is 23.2 Å². The van der Waals surface area contributed by atoms with E-state index in [-0.39, 0.29) is 5.88 Å². The fraction of sp³-hybridized carbons (Fsp3) is 0.111. The van der Waals surface area contributed by atoms with Crippen molar-refractivity contribution < 1.29 is 4.73 Å². The average molecular weight is 229 g/mol. The first kappa shape index (κ1) is 9.49. The molecule has 0 saturated carbocycles. The van der Waals surface area contributed by atoms with Gasteiger partial charge in [0.1, 0.15) is 12.1 Å². The molecule has 0 amide bonds. The molecular formula is C9H6Cl2N2O. The minimum absolute atomic E-state index is 0.0993. The van der Waals surface area contributed by atoms with E-state index in [1.165, 1.54) is 6.20 Å². The van der Waals surface area contributed by atoms with E-state index >= 15 is 0 Å². The number of benzene rings is 1. The number of rotatable bonds is 1. The highest BCUT2D eigenvalue weighted by Crippen LogP contribution is 2.16. The van der Waals surface area contributed by atoms with Gasteiger partial charge in [0.2, 0.25) is 0 Å². The van der Waals surface area contributed by atoms with Gasteiger partial charge in [-0.15, -0.1) is 11.6 Å². The lowest BCUT2D eigenvalue weighted by molar-refractivity contribution is -0.614. The third-order valence-electron chi connectivity index (χ3n) is 1.87. The first-order chi connectivity index (χ1) is 6.70. The molecule has 1 heterocycles. The fourth-order valence-corrected chi connectivity index (χ4v) is 1.57. The van der Waals surface area contributed by atoms with Crippen LogP contribution in [0.3, 0.4) is 0 Å². The van der Waals surface area contributed by atoms with Crippen LogP contribution in [0.4, 0.5) is 0 Å². The van der Waals surface area contributed by atoms with E-state index in [0.29, 0.717) is 21.0 Å². The molecule has 0 N–H and O–H groups in total. The Morgan fingerprint density at radius 3 is 2.93 bits per heavy atom. The van der Waals surface area contributed by atoms with Crippen molar-refractivity contribution in [2.75, 3.05) is 0 Å². The van der Waals surface area contributed by atoms with Crippen molar-refractivity contribution in [3.8, 4) is 0 Å². The van der Waals surface area contributed by atoms with Gasteiger partial charge in [-0.2, -0.15) is 0 Å². The Hall–Kier alpha value is -1.06. The van der Waals surface area contributed by atoms with Crippen LogP contribution < -0.4 is 4.73 Å². The molecule has 0 bridgehead atoms. The minimum atomic E-state index is 0.0993. The topological polar surface area (TPSA) is 39.8 Å². The second-order valence-corrected chi connectivity index (χ2v) is 3.52. The molecule has 3 nitrogen and oxygen atoms in total. The van der Waals surface area contributed by atoms with E-state index in [9.17, 15) is 5.21 Å². The highest BCUT2D eigenvalue weighted by atomic mass is 35.5. The van der Waals surface area contributed by atoms with Crippen LogP contribution in [0, 0.1) is 5.21 Å². The van der Waals surface area contributed by atoms with Crippen LogP contribution in [0.25, 0.3) is 10.9 Å². The molecule has 2 aromatic rings. The van der Waals surface area contributed by atoms with Crippen molar-refractivity contribution in [2.24, 2.45) is 0 Å². The van der Waals surface area contributed by atoms with Gasteiger partial charge in [0.05, 0.1) is 5.39 Å². The standard InChI is InChI=1S/C9H6Cl2N2O/c10-4-9-12-8-2-1-7(11)3-6(8)5-13(9)14/h1-3,5H,4H2. The molecule has 1 aromatic carbocycles. The van der Waals surface area contributed by atoms with Crippen molar-refractivity contribution in [2.45, 2.75) is 5.88 Å². The molecule has 2 rings (SSSR count). The quantitative estimate of drug-likeness (QED) is 0.427. The second kappa shape index (κ2) is 3.59. The predicted molar refractivity (Wildman–Crippen MR) is 55.3 cm³/mol. The van der Waals surface area contributed by atoms with Crippen LogP contribution >= 0.6 is 23.2 Å². The molecule has 72 valence electrons. The molecule has 0 radical (unpaired) electrons. The summed E-state index contributed by atoms with van der Waals surface area (Å²) in [6.45, 7) is 0. The van der Waals surface area contributed by atoms with Gasteiger partial charge in [0.25, 0.3) is 0 Å². The zero-order valence-electron chi connectivity index (χ0n) is 7.08. The molecule has 0 spiro atoms. The summed E-state index contributed by atoms with van der Waals surface area (Å²) in [6.07, 6.45) is 1.42. The van der Waals surface area contributed by atoms with Gasteiger partial charge in [-0.25, -0.2) is 4.73 Å². The SMILES string of the molecule is [O-][n+]1cc2cc(Cl)ccc2nc1CCl. The molecule has 5 heteroatoms. The number of aromatic nitrogens is 2. The number of hydrogen-bond acceptors (Lipinski definition) is 2. The molecule has 0 aliphatic heterocycles. The molecule has 14 heavy (non-hydrogen) atoms. The summed E-state index contributed by atoms with van der Waals surface area (Å²) in [5.74, 6) is 0.392. The molecule has 0 atom stereocenters. The number of nitrogens with zero attached hydrogens (tertiary/aromatic N) is 2. The Morgan fingerprint density at radius 2 is 2.21 bits per heavy atom. The summed E-state index contributed by atoms with van der Waals surface area (Å²) in [6, 6.07) is 5.17. The highest BCUT2D eigenvalue weighted by molar-refractivity contribution is 6.31. The number of hydrogen-bond donors (Lipinski definition) is 0. The van der Waals surface area contributed by atoms with Gasteiger partial charge >= 0.3 is 5.82 Å². The maximum absolute atomic E-state index is 11.3. The van der Waals surface area contributed by atoms with Gasteiger partial charge < -0.3 is 5.21 Å². The number of alkyl halides is 1. The van der Waals surface area contributed by atoms with E-state index in [0.717, 1.165) is 5.52 Å². The second-order valence-electron chi connectivity index (χ2n) is 2.82. The third-order valence-corrected chi connectivity index (χ3v) is 2.34. The first-order valence-corrected chi connectivity index (χ1v) is 4.86. The number of halogens is 2. The molecule has 1 aromatic heterocycles. The van der Waals surface area contributed by atoms with Crippen LogP contribution in [0.5, 0.6) is 0 Å². The first-order valence-electron chi connectivity index (χ1n) is 3.95. The van der Waals surface area contributed by atoms with Gasteiger partial charge in [0.15, 0.2) is 5.52 Å². The van der Waals surface area contributed by atoms with Gasteiger partial charge in [-0.3, -0.25) is 0 Å². The van der Waals surface area contributed by atoms with E-state index in [1.54, 1.807) is 18.2 Å². The van der Waals surface area contributed by atoms with Crippen molar-refractivity contribution in [1.82, 2.24) is 4.98 Å². The molecular weight excluding hydrogens is 223 g/mol. The van der Waals surface area contributed by atoms with Crippen molar-refractivity contribution in [3.63, 3.8) is 0 Å². The van der Waals surface area contributed by atoms with Crippen LogP contribution in [-0.4, -0.2) is 4.98 Å². The molecule has 0 fully saturated rings. The van der Waals surface area contributed by atoms with Crippen molar-refractivity contribution in [1.29, 1.82) is 0 Å². The zero-order valence-corrected chi connectivity index (χ0v) is 8.59. The van der Waals surface area contributed by atoms with Crippen LogP contribution in [-0.2, 0) is 5.88 Å². The van der Waals surface area contributed by atoms with E-state index in [1.807, 2.05) is 0 Å². The summed E-state index contributed by atoms with van der Waals surface area (Å²) in [5, 5.41) is 12.6. The Morgan fingerprint density at radius 1 is 1.43 bits per heavy atom. The smallest absolute Gasteiger partial charge is 0.316 e. The lowest BCUT2D eigenvalue weighted by atomic mass is 10.2. The summed E-state index contributed by atoms with van der Waals surface area (Å²) >= 11 is 11.3. The lowest BCUT2D eigenvalue weighted by Crippen LogP contribution is -2.32. The molecule has 0 aliphatic carbocycles. The summed E-state index contributed by atoms with van der Waals surface area (Å²) in [4.78, 5) is 4.09. The van der Waals surface area contributed by atoms with Crippen molar-refractivity contribution >= 4 is 34.1 Å². The highest BCUT2D eigenvalue weighted by Gasteiger charge is 2.09. The lowest BCUT2D eigenvalue weighted by Gasteiger charge is -2.04. The normalized spacial score (nSPS) is 10.7. The average Bonchev–Trinajstić information content (AvgIpc) is 2.16. The summed E-state index contributed by atoms with van der Waals surface area (Å²) in [7, 11) is 0. The summed E-state index contributed by atoms with van der Waals surface area (Å²) < 4.78 is 0.658. The maximum atomic E-state index is 11.3. The van der Waals surface area contributed by atoms with E-state index in [2.05, 4.69) is 4.98 Å². The predicted octanol–water partition coefficient (Wildman–Crippen LogP) is 2.26. The monoisotopic (exact) mass is 228 g/mol. The van der Waals surface area contributed by atoms with Gasteiger partial charge in [-0.1, -0.05) is 11.6 Å². The van der Waals surface area contributed by atoms with Crippen LogP contribution in [0.15, 0.2) is 24.4 Å². The zero-order chi connectivity index (χ0) is 10.1. The number of fused-ring (bicyclic) bond motifs is 1. The Labute approximate surface area is 90.5 Å². The summed E-state index contributed by atoms with van der Waals surface area (Å²) in [5.41, 5.74) is 0.720.